The van der Waals surface area contributed by atoms with Gasteiger partial charge in [0.1, 0.15) is 12.4 Å². The van der Waals surface area contributed by atoms with E-state index in [-0.39, 0.29) is 0 Å². The Morgan fingerprint density at radius 2 is 1.88 bits per heavy atom. The van der Waals surface area contributed by atoms with Crippen LogP contribution in [0.15, 0.2) is 54.6 Å². The molecule has 1 fully saturated rings. The first-order valence-corrected chi connectivity index (χ1v) is 9.43. The van der Waals surface area contributed by atoms with Crippen LogP contribution in [0.25, 0.3) is 0 Å². The van der Waals surface area contributed by atoms with E-state index in [1.807, 2.05) is 24.3 Å². The fourth-order valence-electron chi connectivity index (χ4n) is 3.46. The zero-order valence-electron chi connectivity index (χ0n) is 15.1. The average molecular weight is 339 g/mol. The summed E-state index contributed by atoms with van der Waals surface area (Å²) in [4.78, 5) is 0. The lowest BCUT2D eigenvalue weighted by atomic mass is 9.89. The van der Waals surface area contributed by atoms with Crippen LogP contribution in [-0.2, 0) is 11.3 Å². The van der Waals surface area contributed by atoms with E-state index in [2.05, 4.69) is 42.6 Å². The van der Waals surface area contributed by atoms with Crippen molar-refractivity contribution in [2.24, 2.45) is 5.92 Å². The molecule has 1 atom stereocenters. The van der Waals surface area contributed by atoms with Gasteiger partial charge >= 0.3 is 0 Å². The molecule has 1 N–H and O–H groups in total. The second-order valence-corrected chi connectivity index (χ2v) is 6.75. The summed E-state index contributed by atoms with van der Waals surface area (Å²) in [5.41, 5.74) is 2.51. The molecular weight excluding hydrogens is 310 g/mol. The lowest BCUT2D eigenvalue weighted by Crippen LogP contribution is -2.26. The molecule has 0 bridgehead atoms. The van der Waals surface area contributed by atoms with Crippen molar-refractivity contribution in [3.05, 3.63) is 65.7 Å². The summed E-state index contributed by atoms with van der Waals surface area (Å²) >= 11 is 0. The van der Waals surface area contributed by atoms with Crippen LogP contribution < -0.4 is 10.1 Å². The summed E-state index contributed by atoms with van der Waals surface area (Å²) in [5, 5.41) is 3.65. The molecule has 3 heteroatoms. The Morgan fingerprint density at radius 3 is 2.64 bits per heavy atom. The van der Waals surface area contributed by atoms with Gasteiger partial charge in [-0.2, -0.15) is 0 Å². The minimum absolute atomic E-state index is 0.383. The minimum atomic E-state index is 0.383. The van der Waals surface area contributed by atoms with E-state index in [4.69, 9.17) is 9.47 Å². The highest BCUT2D eigenvalue weighted by Crippen LogP contribution is 2.29. The molecule has 1 heterocycles. The summed E-state index contributed by atoms with van der Waals surface area (Å²) in [6, 6.07) is 19.2. The smallest absolute Gasteiger partial charge is 0.120 e. The van der Waals surface area contributed by atoms with Gasteiger partial charge in [0.2, 0.25) is 0 Å². The van der Waals surface area contributed by atoms with Crippen molar-refractivity contribution in [1.82, 2.24) is 5.32 Å². The van der Waals surface area contributed by atoms with Crippen molar-refractivity contribution in [3.63, 3.8) is 0 Å². The number of benzene rings is 2. The van der Waals surface area contributed by atoms with E-state index in [0.29, 0.717) is 12.6 Å². The van der Waals surface area contributed by atoms with Crippen LogP contribution in [0.5, 0.6) is 5.75 Å². The van der Waals surface area contributed by atoms with Gasteiger partial charge in [-0.05, 0) is 55.0 Å². The van der Waals surface area contributed by atoms with Crippen LogP contribution in [0, 0.1) is 5.92 Å². The highest BCUT2D eigenvalue weighted by atomic mass is 16.5. The highest BCUT2D eigenvalue weighted by molar-refractivity contribution is 5.31. The minimum Gasteiger partial charge on any atom is -0.489 e. The molecule has 25 heavy (non-hydrogen) atoms. The third-order valence-corrected chi connectivity index (χ3v) is 4.87. The number of rotatable bonds is 8. The Morgan fingerprint density at radius 1 is 1.08 bits per heavy atom. The molecule has 2 aromatic carbocycles. The molecule has 1 unspecified atom stereocenters. The molecule has 0 saturated carbocycles. The Labute approximate surface area is 151 Å². The summed E-state index contributed by atoms with van der Waals surface area (Å²) < 4.78 is 11.5. The molecule has 3 rings (SSSR count). The monoisotopic (exact) mass is 339 g/mol. The third-order valence-electron chi connectivity index (χ3n) is 4.87. The van der Waals surface area contributed by atoms with E-state index in [9.17, 15) is 0 Å². The van der Waals surface area contributed by atoms with Crippen LogP contribution in [0.1, 0.15) is 43.4 Å². The second kappa shape index (κ2) is 9.59. The maximum atomic E-state index is 6.00. The van der Waals surface area contributed by atoms with Gasteiger partial charge in [-0.25, -0.2) is 0 Å². The molecule has 134 valence electrons. The average Bonchev–Trinajstić information content (AvgIpc) is 2.68. The number of ether oxygens (including phenoxy) is 2. The van der Waals surface area contributed by atoms with Crippen LogP contribution >= 0.6 is 0 Å². The van der Waals surface area contributed by atoms with Crippen molar-refractivity contribution in [3.8, 4) is 5.75 Å². The molecule has 1 aliphatic heterocycles. The molecule has 3 nitrogen and oxygen atoms in total. The fourth-order valence-corrected chi connectivity index (χ4v) is 3.46. The van der Waals surface area contributed by atoms with Gasteiger partial charge in [0.15, 0.2) is 0 Å². The van der Waals surface area contributed by atoms with Crippen molar-refractivity contribution >= 4 is 0 Å². The molecule has 0 amide bonds. The molecule has 0 aromatic heterocycles. The molecule has 0 spiro atoms. The standard InChI is InChI=1S/C22H29NO2/c1-2-23-22(15-18-11-13-24-14-12-18)20-9-6-10-21(16-20)25-17-19-7-4-3-5-8-19/h3-10,16,18,22-23H,2,11-15,17H2,1H3. The van der Waals surface area contributed by atoms with Gasteiger partial charge in [-0.15, -0.1) is 0 Å². The first-order chi connectivity index (χ1) is 12.3. The number of hydrogen-bond donors (Lipinski definition) is 1. The second-order valence-electron chi connectivity index (χ2n) is 6.75. The van der Waals surface area contributed by atoms with Crippen LogP contribution in [0.4, 0.5) is 0 Å². The van der Waals surface area contributed by atoms with Crippen molar-refractivity contribution in [2.75, 3.05) is 19.8 Å². The molecule has 0 aliphatic carbocycles. The summed E-state index contributed by atoms with van der Waals surface area (Å²) in [5.74, 6) is 1.68. The summed E-state index contributed by atoms with van der Waals surface area (Å²) in [6.07, 6.45) is 3.51. The molecular formula is C22H29NO2. The van der Waals surface area contributed by atoms with Crippen LogP contribution in [-0.4, -0.2) is 19.8 Å². The van der Waals surface area contributed by atoms with Gasteiger partial charge in [-0.1, -0.05) is 49.4 Å². The summed E-state index contributed by atoms with van der Waals surface area (Å²) in [7, 11) is 0. The third kappa shape index (κ3) is 5.58. The van der Waals surface area contributed by atoms with E-state index in [0.717, 1.165) is 31.4 Å². The molecule has 0 radical (unpaired) electrons. The van der Waals surface area contributed by atoms with E-state index < -0.39 is 0 Å². The maximum Gasteiger partial charge on any atom is 0.120 e. The quantitative estimate of drug-likeness (QED) is 0.754. The predicted octanol–water partition coefficient (Wildman–Crippen LogP) is 4.73. The Bertz CT molecular complexity index is 623. The van der Waals surface area contributed by atoms with E-state index >= 15 is 0 Å². The number of hydrogen-bond acceptors (Lipinski definition) is 3. The predicted molar refractivity (Wildman–Crippen MR) is 102 cm³/mol. The fraction of sp³-hybridized carbons (Fsp3) is 0.455. The maximum absolute atomic E-state index is 6.00. The highest BCUT2D eigenvalue weighted by Gasteiger charge is 2.20. The van der Waals surface area contributed by atoms with Crippen molar-refractivity contribution in [1.29, 1.82) is 0 Å². The summed E-state index contributed by atoms with van der Waals surface area (Å²) in [6.45, 7) is 5.57. The normalized spacial score (nSPS) is 16.5. The molecule has 1 aliphatic rings. The zero-order valence-corrected chi connectivity index (χ0v) is 15.1. The lowest BCUT2D eigenvalue weighted by molar-refractivity contribution is 0.0605. The van der Waals surface area contributed by atoms with Gasteiger partial charge in [0, 0.05) is 19.3 Å². The topological polar surface area (TPSA) is 30.5 Å². The van der Waals surface area contributed by atoms with Gasteiger partial charge < -0.3 is 14.8 Å². The van der Waals surface area contributed by atoms with Crippen molar-refractivity contribution in [2.45, 2.75) is 38.8 Å². The van der Waals surface area contributed by atoms with E-state index in [1.165, 1.54) is 30.4 Å². The largest absolute Gasteiger partial charge is 0.489 e. The van der Waals surface area contributed by atoms with Gasteiger partial charge in [0.25, 0.3) is 0 Å². The van der Waals surface area contributed by atoms with Gasteiger partial charge in [0.05, 0.1) is 0 Å². The first kappa shape index (κ1) is 18.0. The SMILES string of the molecule is CCNC(CC1CCOCC1)c1cccc(OCc2ccccc2)c1. The Balaban J connectivity index is 1.64. The number of nitrogens with one attached hydrogen (secondary N) is 1. The Kier molecular flexibility index (Phi) is 6.89. The first-order valence-electron chi connectivity index (χ1n) is 9.43. The van der Waals surface area contributed by atoms with Crippen LogP contribution in [0.2, 0.25) is 0 Å². The van der Waals surface area contributed by atoms with E-state index in [1.54, 1.807) is 0 Å². The van der Waals surface area contributed by atoms with Gasteiger partial charge in [-0.3, -0.25) is 0 Å². The zero-order chi connectivity index (χ0) is 17.3. The van der Waals surface area contributed by atoms with Crippen LogP contribution in [0.3, 0.4) is 0 Å². The lowest BCUT2D eigenvalue weighted by Gasteiger charge is -2.27. The molecule has 2 aromatic rings. The Hall–Kier alpha value is -1.84. The molecule has 1 saturated heterocycles. The van der Waals surface area contributed by atoms with Crippen molar-refractivity contribution < 1.29 is 9.47 Å².